The van der Waals surface area contributed by atoms with Crippen LogP contribution in [0.1, 0.15) is 38.3 Å². The highest BCUT2D eigenvalue weighted by molar-refractivity contribution is 6.25. The predicted octanol–water partition coefficient (Wildman–Crippen LogP) is 12.8. The maximum Gasteiger partial charge on any atom is -0.00259 e. The number of hydrogen-bond acceptors (Lipinski definition) is 0. The smallest absolute Gasteiger partial charge is 0.00259 e. The fourth-order valence-electron chi connectivity index (χ4n) is 6.41. The summed E-state index contributed by atoms with van der Waals surface area (Å²) in [5.74, 6) is 0. The lowest BCUT2D eigenvalue weighted by Crippen LogP contribution is -1.91. The summed E-state index contributed by atoms with van der Waals surface area (Å²) in [5, 5.41) is 7.75. The van der Waals surface area contributed by atoms with Gasteiger partial charge < -0.3 is 0 Å². The summed E-state index contributed by atoms with van der Waals surface area (Å²) in [4.78, 5) is 0. The summed E-state index contributed by atoms with van der Waals surface area (Å²) in [6, 6.07) is 49.1. The second-order valence-corrected chi connectivity index (χ2v) is 10.9. The summed E-state index contributed by atoms with van der Waals surface area (Å²) in [6.45, 7) is 10.3. The first-order valence-corrected chi connectivity index (χ1v) is 15.5. The lowest BCUT2D eigenvalue weighted by Gasteiger charge is -2.16. The molecule has 7 rings (SSSR count). The van der Waals surface area contributed by atoms with E-state index < -0.39 is 0 Å². The van der Waals surface area contributed by atoms with Crippen molar-refractivity contribution in [2.75, 3.05) is 0 Å². The molecule has 0 amide bonds. The Morgan fingerprint density at radius 2 is 1.05 bits per heavy atom. The monoisotopic (exact) mass is 554 g/mol. The van der Waals surface area contributed by atoms with E-state index in [4.69, 9.17) is 0 Å². The van der Waals surface area contributed by atoms with E-state index in [9.17, 15) is 0 Å². The maximum absolute atomic E-state index is 4.03. The Morgan fingerprint density at radius 3 is 1.67 bits per heavy atom. The van der Waals surface area contributed by atoms with Crippen LogP contribution in [0.4, 0.5) is 0 Å². The number of aryl methyl sites for hydroxylation is 1. The Morgan fingerprint density at radius 1 is 0.512 bits per heavy atom. The average molecular weight is 555 g/mol. The average Bonchev–Trinajstić information content (AvgIpc) is 3.09. The molecule has 43 heavy (non-hydrogen) atoms. The summed E-state index contributed by atoms with van der Waals surface area (Å²) in [5.41, 5.74) is 10.1. The minimum Gasteiger partial charge on any atom is -0.0985 e. The molecule has 0 bridgehead atoms. The van der Waals surface area contributed by atoms with E-state index in [-0.39, 0.29) is 0 Å². The van der Waals surface area contributed by atoms with Crippen LogP contribution in [-0.4, -0.2) is 0 Å². The Labute approximate surface area is 256 Å². The maximum atomic E-state index is 4.03. The molecule has 0 radical (unpaired) electrons. The van der Waals surface area contributed by atoms with Crippen LogP contribution in [0.5, 0.6) is 0 Å². The zero-order valence-electron chi connectivity index (χ0n) is 25.4. The molecule has 0 nitrogen and oxygen atoms in total. The zero-order valence-corrected chi connectivity index (χ0v) is 25.4. The molecular formula is C43H38. The van der Waals surface area contributed by atoms with E-state index in [1.54, 1.807) is 0 Å². The van der Waals surface area contributed by atoms with Gasteiger partial charge >= 0.3 is 0 Å². The Kier molecular flexibility index (Phi) is 8.20. The molecule has 0 atom stereocenters. The third-order valence-corrected chi connectivity index (χ3v) is 8.34. The Hall–Kier alpha value is -4.94. The largest absolute Gasteiger partial charge is 0.0985 e. The van der Waals surface area contributed by atoms with Crippen LogP contribution in [0.25, 0.3) is 71.8 Å². The van der Waals surface area contributed by atoms with E-state index in [0.29, 0.717) is 0 Å². The minimum absolute atomic E-state index is 1.06. The molecule has 0 aliphatic carbocycles. The number of hydrogen-bond donors (Lipinski definition) is 0. The van der Waals surface area contributed by atoms with Crippen molar-refractivity contribution in [1.82, 2.24) is 0 Å². The fourth-order valence-corrected chi connectivity index (χ4v) is 6.41. The zero-order chi connectivity index (χ0) is 29.8. The van der Waals surface area contributed by atoms with Crippen molar-refractivity contribution < 1.29 is 0 Å². The topological polar surface area (TPSA) is 0 Å². The van der Waals surface area contributed by atoms with Gasteiger partial charge in [0.05, 0.1) is 0 Å². The molecule has 0 aliphatic rings. The molecule has 0 spiro atoms. The highest BCUT2D eigenvalue weighted by Crippen LogP contribution is 2.42. The van der Waals surface area contributed by atoms with E-state index >= 15 is 0 Å². The quantitative estimate of drug-likeness (QED) is 0.179. The number of rotatable bonds is 6. The summed E-state index contributed by atoms with van der Waals surface area (Å²) < 4.78 is 0. The highest BCUT2D eigenvalue weighted by Gasteiger charge is 2.15. The van der Waals surface area contributed by atoms with E-state index in [2.05, 4.69) is 147 Å². The molecular weight excluding hydrogens is 516 g/mol. The van der Waals surface area contributed by atoms with Crippen LogP contribution in [0.3, 0.4) is 0 Å². The normalized spacial score (nSPS) is 11.0. The molecule has 7 aromatic rings. The van der Waals surface area contributed by atoms with Gasteiger partial charge in [-0.1, -0.05) is 155 Å². The molecule has 0 aliphatic heterocycles. The molecule has 0 saturated heterocycles. The first-order chi connectivity index (χ1) is 21.2. The molecule has 0 heteroatoms. The second kappa shape index (κ2) is 12.5. The lowest BCUT2D eigenvalue weighted by molar-refractivity contribution is 0.920. The Balaban J connectivity index is 0.00000161. The molecule has 210 valence electrons. The molecule has 0 N–H and O–H groups in total. The van der Waals surface area contributed by atoms with E-state index in [0.717, 1.165) is 12.8 Å². The third kappa shape index (κ3) is 5.26. The molecule has 0 heterocycles. The first kappa shape index (κ1) is 28.2. The van der Waals surface area contributed by atoms with Crippen molar-refractivity contribution in [3.05, 3.63) is 151 Å². The van der Waals surface area contributed by atoms with Gasteiger partial charge in [0.25, 0.3) is 0 Å². The van der Waals surface area contributed by atoms with Crippen LogP contribution in [-0.2, 0) is 6.42 Å². The van der Waals surface area contributed by atoms with Gasteiger partial charge in [-0.3, -0.25) is 0 Å². The van der Waals surface area contributed by atoms with E-state index in [1.807, 2.05) is 19.9 Å². The van der Waals surface area contributed by atoms with Crippen LogP contribution in [0, 0.1) is 0 Å². The molecule has 0 unspecified atom stereocenters. The van der Waals surface area contributed by atoms with Crippen molar-refractivity contribution in [3.8, 4) is 33.4 Å². The van der Waals surface area contributed by atoms with Gasteiger partial charge in [-0.05, 0) is 101 Å². The fraction of sp³-hybridized carbons (Fsp3) is 0.116. The van der Waals surface area contributed by atoms with Crippen molar-refractivity contribution in [2.45, 2.75) is 33.6 Å². The summed E-state index contributed by atoms with van der Waals surface area (Å²) >= 11 is 0. The summed E-state index contributed by atoms with van der Waals surface area (Å²) in [6.07, 6.45) is 4.15. The number of fused-ring (bicyclic) bond motifs is 5. The molecule has 0 aromatic heterocycles. The van der Waals surface area contributed by atoms with Crippen molar-refractivity contribution >= 4 is 38.4 Å². The minimum atomic E-state index is 1.06. The van der Waals surface area contributed by atoms with Crippen molar-refractivity contribution in [2.24, 2.45) is 0 Å². The van der Waals surface area contributed by atoms with Crippen LogP contribution in [0.15, 0.2) is 140 Å². The standard InChI is InChI=1S/C41H32.C2H6/c1-3-13-30-24-32(23-22-28(30)4-2)31-16-12-17-33(25-31)40-27-34-26-39(29-14-6-5-7-15-29)35-18-8-10-20-37(35)41(34)38-21-11-9-19-36(38)40;1-2/h4-12,14-27H,2-3,13H2,1H3;1-2H3. The van der Waals surface area contributed by atoms with Crippen molar-refractivity contribution in [1.29, 1.82) is 0 Å². The van der Waals surface area contributed by atoms with E-state index in [1.165, 1.54) is 76.8 Å². The number of benzene rings is 7. The van der Waals surface area contributed by atoms with Crippen LogP contribution in [0.2, 0.25) is 0 Å². The molecule has 0 fully saturated rings. The SMILES string of the molecule is C=Cc1ccc(-c2cccc(-c3cc4cc(-c5ccccc5)c5ccccc5c4c4ccccc34)c2)cc1CCC.CC. The first-order valence-electron chi connectivity index (χ1n) is 15.5. The van der Waals surface area contributed by atoms with Gasteiger partial charge in [0.1, 0.15) is 0 Å². The van der Waals surface area contributed by atoms with Crippen molar-refractivity contribution in [3.63, 3.8) is 0 Å². The van der Waals surface area contributed by atoms with Crippen LogP contribution >= 0.6 is 0 Å². The third-order valence-electron chi connectivity index (χ3n) is 8.34. The Bertz CT molecular complexity index is 2060. The second-order valence-electron chi connectivity index (χ2n) is 10.9. The summed E-state index contributed by atoms with van der Waals surface area (Å²) in [7, 11) is 0. The molecule has 0 saturated carbocycles. The molecule has 7 aromatic carbocycles. The van der Waals surface area contributed by atoms with Crippen LogP contribution < -0.4 is 0 Å². The highest BCUT2D eigenvalue weighted by atomic mass is 14.2. The van der Waals surface area contributed by atoms with Gasteiger partial charge in [-0.2, -0.15) is 0 Å². The van der Waals surface area contributed by atoms with Gasteiger partial charge in [0.15, 0.2) is 0 Å². The van der Waals surface area contributed by atoms with Gasteiger partial charge in [-0.15, -0.1) is 0 Å². The van der Waals surface area contributed by atoms with Gasteiger partial charge in [-0.25, -0.2) is 0 Å². The van der Waals surface area contributed by atoms with Gasteiger partial charge in [0.2, 0.25) is 0 Å². The lowest BCUT2D eigenvalue weighted by atomic mass is 9.87. The van der Waals surface area contributed by atoms with Gasteiger partial charge in [0, 0.05) is 0 Å². The predicted molar refractivity (Wildman–Crippen MR) is 191 cm³/mol.